The second kappa shape index (κ2) is 8.11. The molecule has 0 unspecified atom stereocenters. The van der Waals surface area contributed by atoms with E-state index in [1.54, 1.807) is 0 Å². The third-order valence-corrected chi connectivity index (χ3v) is 3.57. The van der Waals surface area contributed by atoms with Crippen LogP contribution in [0.2, 0.25) is 5.02 Å². The maximum Gasteiger partial charge on any atom is 0.119 e. The minimum atomic E-state index is 0.498. The van der Waals surface area contributed by atoms with Crippen molar-refractivity contribution in [2.24, 2.45) is 0 Å². The summed E-state index contributed by atoms with van der Waals surface area (Å²) in [5, 5.41) is 0.759. The summed E-state index contributed by atoms with van der Waals surface area (Å²) in [6.45, 7) is 2.68. The number of ether oxygens (including phenoxy) is 1. The van der Waals surface area contributed by atoms with Gasteiger partial charge in [-0.2, -0.15) is 0 Å². The van der Waals surface area contributed by atoms with E-state index in [0.717, 1.165) is 22.8 Å². The second-order valence-electron chi connectivity index (χ2n) is 4.64. The van der Waals surface area contributed by atoms with Crippen LogP contribution < -0.4 is 4.74 Å². The average Bonchev–Trinajstić information content (AvgIpc) is 2.53. The second-order valence-corrected chi connectivity index (χ2v) is 5.45. The van der Waals surface area contributed by atoms with E-state index in [1.807, 2.05) is 24.3 Å². The minimum Gasteiger partial charge on any atom is -0.492 e. The van der Waals surface area contributed by atoms with Crippen LogP contribution in [-0.2, 0) is 0 Å². The zero-order valence-electron chi connectivity index (χ0n) is 12.0. The van der Waals surface area contributed by atoms with Gasteiger partial charge < -0.3 is 4.74 Å². The molecule has 2 rings (SSSR count). The Morgan fingerprint density at radius 2 is 1.71 bits per heavy atom. The van der Waals surface area contributed by atoms with E-state index in [1.165, 1.54) is 11.1 Å². The summed E-state index contributed by atoms with van der Waals surface area (Å²) in [5.41, 5.74) is 3.63. The SMILES string of the molecule is CCC(=Cc1ccc(OCCCl)cc1)c1ccc(Cl)cc1. The fourth-order valence-corrected chi connectivity index (χ4v) is 2.27. The van der Waals surface area contributed by atoms with Crippen LogP contribution in [-0.4, -0.2) is 12.5 Å². The Labute approximate surface area is 136 Å². The Balaban J connectivity index is 2.17. The Morgan fingerprint density at radius 1 is 1.05 bits per heavy atom. The minimum absolute atomic E-state index is 0.498. The van der Waals surface area contributed by atoms with Crippen LogP contribution in [0.3, 0.4) is 0 Å². The van der Waals surface area contributed by atoms with Gasteiger partial charge in [-0.3, -0.25) is 0 Å². The standard InChI is InChI=1S/C18H18Cl2O/c1-2-15(16-5-7-17(20)8-6-16)13-14-3-9-18(10-4-14)21-12-11-19/h3-10,13H,2,11-12H2,1H3. The van der Waals surface area contributed by atoms with Crippen LogP contribution in [0.25, 0.3) is 11.6 Å². The van der Waals surface area contributed by atoms with Crippen molar-refractivity contribution >= 4 is 34.9 Å². The molecule has 0 atom stereocenters. The Kier molecular flexibility index (Phi) is 6.16. The highest BCUT2D eigenvalue weighted by atomic mass is 35.5. The summed E-state index contributed by atoms with van der Waals surface area (Å²) in [4.78, 5) is 0. The normalized spacial score (nSPS) is 11.5. The van der Waals surface area contributed by atoms with Crippen molar-refractivity contribution in [1.29, 1.82) is 0 Å². The van der Waals surface area contributed by atoms with Crippen molar-refractivity contribution in [1.82, 2.24) is 0 Å². The monoisotopic (exact) mass is 320 g/mol. The molecule has 0 aromatic heterocycles. The van der Waals surface area contributed by atoms with E-state index in [0.29, 0.717) is 12.5 Å². The maximum absolute atomic E-state index is 5.94. The highest BCUT2D eigenvalue weighted by Crippen LogP contribution is 2.24. The lowest BCUT2D eigenvalue weighted by molar-refractivity contribution is 0.343. The Bertz CT molecular complexity index is 586. The molecular weight excluding hydrogens is 303 g/mol. The Hall–Kier alpha value is -1.44. The first kappa shape index (κ1) is 15.9. The van der Waals surface area contributed by atoms with Crippen molar-refractivity contribution < 1.29 is 4.74 Å². The fraction of sp³-hybridized carbons (Fsp3) is 0.222. The predicted molar refractivity (Wildman–Crippen MR) is 92.3 cm³/mol. The highest BCUT2D eigenvalue weighted by molar-refractivity contribution is 6.30. The summed E-state index contributed by atoms with van der Waals surface area (Å²) >= 11 is 11.5. The van der Waals surface area contributed by atoms with Crippen LogP contribution >= 0.6 is 23.2 Å². The van der Waals surface area contributed by atoms with Crippen molar-refractivity contribution in [2.45, 2.75) is 13.3 Å². The molecule has 110 valence electrons. The smallest absolute Gasteiger partial charge is 0.119 e. The lowest BCUT2D eigenvalue weighted by atomic mass is 10.0. The molecule has 0 saturated carbocycles. The number of hydrogen-bond acceptors (Lipinski definition) is 1. The van der Waals surface area contributed by atoms with Gasteiger partial charge in [0.25, 0.3) is 0 Å². The predicted octanol–water partition coefficient (Wildman–Crippen LogP) is 5.91. The fourth-order valence-electron chi connectivity index (χ4n) is 2.07. The molecule has 21 heavy (non-hydrogen) atoms. The van der Waals surface area contributed by atoms with Gasteiger partial charge in [0.2, 0.25) is 0 Å². The number of hydrogen-bond donors (Lipinski definition) is 0. The molecule has 0 heterocycles. The van der Waals surface area contributed by atoms with Crippen LogP contribution in [0.15, 0.2) is 48.5 Å². The quantitative estimate of drug-likeness (QED) is 0.475. The lowest BCUT2D eigenvalue weighted by Gasteiger charge is -2.07. The molecule has 3 heteroatoms. The molecule has 0 fully saturated rings. The van der Waals surface area contributed by atoms with E-state index in [9.17, 15) is 0 Å². The molecule has 0 spiro atoms. The largest absolute Gasteiger partial charge is 0.492 e. The zero-order chi connectivity index (χ0) is 15.1. The molecule has 0 amide bonds. The molecule has 0 N–H and O–H groups in total. The van der Waals surface area contributed by atoms with Gasteiger partial charge in [-0.1, -0.05) is 48.9 Å². The third kappa shape index (κ3) is 4.80. The molecule has 0 aliphatic heterocycles. The molecule has 0 saturated heterocycles. The van der Waals surface area contributed by atoms with Gasteiger partial charge in [0, 0.05) is 5.02 Å². The van der Waals surface area contributed by atoms with Crippen molar-refractivity contribution in [3.63, 3.8) is 0 Å². The molecule has 2 aromatic carbocycles. The summed E-state index contributed by atoms with van der Waals surface area (Å²) < 4.78 is 5.47. The molecule has 0 aliphatic carbocycles. The number of allylic oxidation sites excluding steroid dienone is 1. The number of benzene rings is 2. The maximum atomic E-state index is 5.94. The lowest BCUT2D eigenvalue weighted by Crippen LogP contribution is -1.97. The first-order chi connectivity index (χ1) is 10.2. The molecular formula is C18H18Cl2O. The van der Waals surface area contributed by atoms with E-state index < -0.39 is 0 Å². The van der Waals surface area contributed by atoms with E-state index in [-0.39, 0.29) is 0 Å². The molecule has 2 aromatic rings. The van der Waals surface area contributed by atoms with E-state index >= 15 is 0 Å². The van der Waals surface area contributed by atoms with Gasteiger partial charge in [-0.25, -0.2) is 0 Å². The summed E-state index contributed by atoms with van der Waals surface area (Å²) in [6.07, 6.45) is 3.15. The van der Waals surface area contributed by atoms with Gasteiger partial charge >= 0.3 is 0 Å². The molecule has 1 nitrogen and oxygen atoms in total. The van der Waals surface area contributed by atoms with Crippen LogP contribution in [0.4, 0.5) is 0 Å². The van der Waals surface area contributed by atoms with Gasteiger partial charge in [0.05, 0.1) is 5.88 Å². The van der Waals surface area contributed by atoms with Crippen LogP contribution in [0, 0.1) is 0 Å². The number of rotatable bonds is 6. The van der Waals surface area contributed by atoms with Crippen molar-refractivity contribution in [3.8, 4) is 5.75 Å². The van der Waals surface area contributed by atoms with Gasteiger partial charge in [0.1, 0.15) is 12.4 Å². The highest BCUT2D eigenvalue weighted by Gasteiger charge is 2.00. The van der Waals surface area contributed by atoms with Gasteiger partial charge in [0.15, 0.2) is 0 Å². The molecule has 0 radical (unpaired) electrons. The van der Waals surface area contributed by atoms with Crippen molar-refractivity contribution in [2.75, 3.05) is 12.5 Å². The van der Waals surface area contributed by atoms with Crippen LogP contribution in [0.5, 0.6) is 5.75 Å². The van der Waals surface area contributed by atoms with E-state index in [2.05, 4.69) is 37.3 Å². The van der Waals surface area contributed by atoms with Gasteiger partial charge in [-0.05, 0) is 47.4 Å². The molecule has 0 aliphatic rings. The van der Waals surface area contributed by atoms with Crippen molar-refractivity contribution in [3.05, 3.63) is 64.7 Å². The summed E-state index contributed by atoms with van der Waals surface area (Å²) in [6, 6.07) is 16.0. The average molecular weight is 321 g/mol. The summed E-state index contributed by atoms with van der Waals surface area (Å²) in [5.74, 6) is 1.34. The first-order valence-corrected chi connectivity index (χ1v) is 7.89. The third-order valence-electron chi connectivity index (χ3n) is 3.16. The first-order valence-electron chi connectivity index (χ1n) is 6.98. The Morgan fingerprint density at radius 3 is 2.29 bits per heavy atom. The number of halogens is 2. The topological polar surface area (TPSA) is 9.23 Å². The van der Waals surface area contributed by atoms with E-state index in [4.69, 9.17) is 27.9 Å². The number of alkyl halides is 1. The zero-order valence-corrected chi connectivity index (χ0v) is 13.5. The summed E-state index contributed by atoms with van der Waals surface area (Å²) in [7, 11) is 0. The molecule has 0 bridgehead atoms. The van der Waals surface area contributed by atoms with Gasteiger partial charge in [-0.15, -0.1) is 11.6 Å². The van der Waals surface area contributed by atoms with Crippen LogP contribution in [0.1, 0.15) is 24.5 Å².